The molecule has 2 heterocycles. The van der Waals surface area contributed by atoms with Crippen LogP contribution in [0.25, 0.3) is 0 Å². The molecule has 0 radical (unpaired) electrons. The minimum absolute atomic E-state index is 0.105. The van der Waals surface area contributed by atoms with Crippen LogP contribution in [-0.2, 0) is 20.1 Å². The van der Waals surface area contributed by atoms with Gasteiger partial charge in [0.1, 0.15) is 0 Å². The number of fused-ring (bicyclic) bond motifs is 2. The highest BCUT2D eigenvalue weighted by atomic mass is 79.9. The zero-order chi connectivity index (χ0) is 14.2. The number of hydrogen-bond acceptors (Lipinski definition) is 3. The molecule has 108 valence electrons. The Morgan fingerprint density at radius 2 is 2.05 bits per heavy atom. The number of anilines is 1. The summed E-state index contributed by atoms with van der Waals surface area (Å²) in [6.45, 7) is 1.75. The first-order valence-electron chi connectivity index (χ1n) is 6.65. The molecule has 1 amide bonds. The number of benzene rings is 1. The second kappa shape index (κ2) is 5.75. The molecule has 6 heteroatoms. The summed E-state index contributed by atoms with van der Waals surface area (Å²) in [7, 11) is 0. The lowest BCUT2D eigenvalue weighted by Crippen LogP contribution is -2.47. The predicted octanol–water partition coefficient (Wildman–Crippen LogP) is 3.17. The molecule has 1 fully saturated rings. The zero-order valence-corrected chi connectivity index (χ0v) is 14.1. The van der Waals surface area contributed by atoms with Gasteiger partial charge in [-0.2, -0.15) is 0 Å². The summed E-state index contributed by atoms with van der Waals surface area (Å²) >= 11 is 6.87. The molecule has 1 spiro atoms. The number of alkyl halides is 1. The lowest BCUT2D eigenvalue weighted by atomic mass is 10.1. The van der Waals surface area contributed by atoms with Crippen molar-refractivity contribution < 1.29 is 14.3 Å². The Morgan fingerprint density at radius 3 is 2.75 bits per heavy atom. The van der Waals surface area contributed by atoms with Crippen LogP contribution in [-0.4, -0.2) is 31.0 Å². The first-order valence-corrected chi connectivity index (χ1v) is 8.56. The minimum Gasteiger partial charge on any atom is -0.338 e. The largest absolute Gasteiger partial charge is 0.338 e. The van der Waals surface area contributed by atoms with Gasteiger partial charge in [-0.05, 0) is 31.0 Å². The SMILES string of the molecule is O=C1N(CCCBr)c2ccc(Br)cc2C12OCCCO2. The van der Waals surface area contributed by atoms with Crippen LogP contribution in [0.2, 0.25) is 0 Å². The van der Waals surface area contributed by atoms with Crippen molar-refractivity contribution in [1.82, 2.24) is 0 Å². The fourth-order valence-corrected chi connectivity index (χ4v) is 3.27. The van der Waals surface area contributed by atoms with Crippen LogP contribution in [0.4, 0.5) is 5.69 Å². The van der Waals surface area contributed by atoms with Gasteiger partial charge < -0.3 is 14.4 Å². The minimum atomic E-state index is -1.23. The summed E-state index contributed by atoms with van der Waals surface area (Å²) in [5, 5.41) is 0.858. The van der Waals surface area contributed by atoms with Crippen LogP contribution in [0.1, 0.15) is 18.4 Å². The van der Waals surface area contributed by atoms with Gasteiger partial charge in [-0.15, -0.1) is 0 Å². The topological polar surface area (TPSA) is 38.8 Å². The van der Waals surface area contributed by atoms with Gasteiger partial charge in [0.2, 0.25) is 0 Å². The summed E-state index contributed by atoms with van der Waals surface area (Å²) in [5.74, 6) is -1.34. The van der Waals surface area contributed by atoms with Gasteiger partial charge >= 0.3 is 0 Å². The summed E-state index contributed by atoms with van der Waals surface area (Å²) in [6, 6.07) is 5.81. The van der Waals surface area contributed by atoms with Crippen LogP contribution in [0, 0.1) is 0 Å². The summed E-state index contributed by atoms with van der Waals surface area (Å²) in [6.07, 6.45) is 1.71. The first kappa shape index (κ1) is 14.5. The average Bonchev–Trinajstić information content (AvgIpc) is 2.68. The molecular formula is C14H15Br2NO3. The third kappa shape index (κ3) is 2.22. The van der Waals surface area contributed by atoms with Crippen molar-refractivity contribution in [3.05, 3.63) is 28.2 Å². The molecule has 0 aliphatic carbocycles. The second-order valence-electron chi connectivity index (χ2n) is 4.83. The lowest BCUT2D eigenvalue weighted by Gasteiger charge is -2.32. The van der Waals surface area contributed by atoms with Crippen molar-refractivity contribution in [3.63, 3.8) is 0 Å². The molecule has 0 bridgehead atoms. The predicted molar refractivity (Wildman–Crippen MR) is 83.1 cm³/mol. The molecular weight excluding hydrogens is 390 g/mol. The Hall–Kier alpha value is -0.430. The Bertz CT molecular complexity index is 529. The lowest BCUT2D eigenvalue weighted by molar-refractivity contribution is -0.256. The Morgan fingerprint density at radius 1 is 1.30 bits per heavy atom. The number of carbonyl (C=O) groups is 1. The summed E-state index contributed by atoms with van der Waals surface area (Å²) < 4.78 is 12.5. The first-order chi connectivity index (χ1) is 9.69. The van der Waals surface area contributed by atoms with E-state index in [4.69, 9.17) is 9.47 Å². The summed E-state index contributed by atoms with van der Waals surface area (Å²) in [5.41, 5.74) is 1.70. The molecule has 0 saturated carbocycles. The fraction of sp³-hybridized carbons (Fsp3) is 0.500. The Labute approximate surface area is 134 Å². The maximum atomic E-state index is 12.8. The fourth-order valence-electron chi connectivity index (χ4n) is 2.66. The van der Waals surface area contributed by atoms with Gasteiger partial charge in [-0.3, -0.25) is 4.79 Å². The monoisotopic (exact) mass is 403 g/mol. The van der Waals surface area contributed by atoms with E-state index in [1.165, 1.54) is 0 Å². The zero-order valence-electron chi connectivity index (χ0n) is 10.9. The number of carbonyl (C=O) groups excluding carboxylic acids is 1. The van der Waals surface area contributed by atoms with E-state index < -0.39 is 5.79 Å². The smallest absolute Gasteiger partial charge is 0.292 e. The molecule has 1 aromatic rings. The molecule has 0 atom stereocenters. The molecule has 0 aromatic heterocycles. The maximum Gasteiger partial charge on any atom is 0.292 e. The number of hydrogen-bond donors (Lipinski definition) is 0. The van der Waals surface area contributed by atoms with E-state index in [2.05, 4.69) is 31.9 Å². The number of amides is 1. The molecule has 2 aliphatic rings. The quantitative estimate of drug-likeness (QED) is 0.726. The van der Waals surface area contributed by atoms with Gasteiger partial charge in [0.25, 0.3) is 11.7 Å². The van der Waals surface area contributed by atoms with Crippen molar-refractivity contribution in [3.8, 4) is 0 Å². The molecule has 3 rings (SSSR count). The van der Waals surface area contributed by atoms with E-state index in [1.807, 2.05) is 18.2 Å². The van der Waals surface area contributed by atoms with Gasteiger partial charge in [-0.25, -0.2) is 0 Å². The Balaban J connectivity index is 2.05. The van der Waals surface area contributed by atoms with Crippen molar-refractivity contribution in [2.24, 2.45) is 0 Å². The van der Waals surface area contributed by atoms with Crippen LogP contribution < -0.4 is 4.90 Å². The van der Waals surface area contributed by atoms with E-state index >= 15 is 0 Å². The number of ether oxygens (including phenoxy) is 2. The van der Waals surface area contributed by atoms with Crippen LogP contribution in [0.15, 0.2) is 22.7 Å². The van der Waals surface area contributed by atoms with Crippen LogP contribution in [0.5, 0.6) is 0 Å². The van der Waals surface area contributed by atoms with Crippen LogP contribution >= 0.6 is 31.9 Å². The molecule has 0 N–H and O–H groups in total. The van der Waals surface area contributed by atoms with Crippen LogP contribution in [0.3, 0.4) is 0 Å². The van der Waals surface area contributed by atoms with Crippen molar-refractivity contribution in [2.45, 2.75) is 18.6 Å². The van der Waals surface area contributed by atoms with E-state index in [1.54, 1.807) is 4.90 Å². The Kier molecular flexibility index (Phi) is 4.17. The third-order valence-corrected chi connectivity index (χ3v) is 4.60. The number of halogens is 2. The van der Waals surface area contributed by atoms with Crippen molar-refractivity contribution in [1.29, 1.82) is 0 Å². The molecule has 0 unspecified atom stereocenters. The van der Waals surface area contributed by atoms with E-state index in [0.29, 0.717) is 19.8 Å². The molecule has 2 aliphatic heterocycles. The second-order valence-corrected chi connectivity index (χ2v) is 6.54. The van der Waals surface area contributed by atoms with Gasteiger partial charge in [-0.1, -0.05) is 31.9 Å². The normalized spacial score (nSPS) is 20.5. The van der Waals surface area contributed by atoms with E-state index in [9.17, 15) is 4.79 Å². The highest BCUT2D eigenvalue weighted by molar-refractivity contribution is 9.10. The standard InChI is InChI=1S/C14H15Br2NO3/c15-5-1-6-17-12-4-3-10(16)9-11(12)14(13(17)18)19-7-2-8-20-14/h3-4,9H,1-2,5-8H2. The summed E-state index contributed by atoms with van der Waals surface area (Å²) in [4.78, 5) is 14.6. The maximum absolute atomic E-state index is 12.8. The molecule has 1 saturated heterocycles. The number of nitrogens with zero attached hydrogens (tertiary/aromatic N) is 1. The van der Waals surface area contributed by atoms with Crippen molar-refractivity contribution >= 4 is 43.5 Å². The third-order valence-electron chi connectivity index (χ3n) is 3.55. The van der Waals surface area contributed by atoms with Gasteiger partial charge in [0.15, 0.2) is 0 Å². The number of rotatable bonds is 3. The molecule has 1 aromatic carbocycles. The average molecular weight is 405 g/mol. The molecule has 4 nitrogen and oxygen atoms in total. The van der Waals surface area contributed by atoms with Gasteiger partial charge in [0.05, 0.1) is 18.9 Å². The van der Waals surface area contributed by atoms with E-state index in [-0.39, 0.29) is 5.91 Å². The molecule has 20 heavy (non-hydrogen) atoms. The highest BCUT2D eigenvalue weighted by Gasteiger charge is 2.54. The van der Waals surface area contributed by atoms with E-state index in [0.717, 1.165) is 33.9 Å². The van der Waals surface area contributed by atoms with Crippen molar-refractivity contribution in [2.75, 3.05) is 30.0 Å². The van der Waals surface area contributed by atoms with Gasteiger partial charge in [0, 0.05) is 21.9 Å². The highest BCUT2D eigenvalue weighted by Crippen LogP contribution is 2.46.